The number of hydrogen-bond donors (Lipinski definition) is 3. The molecule has 0 aromatic heterocycles. The van der Waals surface area contributed by atoms with E-state index in [9.17, 15) is 10.2 Å². The van der Waals surface area contributed by atoms with Crippen molar-refractivity contribution in [3.63, 3.8) is 0 Å². The van der Waals surface area contributed by atoms with Crippen LogP contribution in [0.25, 0.3) is 0 Å². The quantitative estimate of drug-likeness (QED) is 0.645. The molecule has 1 rings (SSSR count). The van der Waals surface area contributed by atoms with Crippen LogP contribution in [0.1, 0.15) is 40.0 Å². The zero-order valence-corrected chi connectivity index (χ0v) is 10.9. The normalized spacial score (nSPS) is 30.9. The zero-order chi connectivity index (χ0) is 12.2. The van der Waals surface area contributed by atoms with Crippen molar-refractivity contribution in [3.05, 3.63) is 0 Å². The van der Waals surface area contributed by atoms with Crippen LogP contribution < -0.4 is 5.32 Å². The minimum absolute atomic E-state index is 0.0365. The van der Waals surface area contributed by atoms with Crippen LogP contribution in [0.3, 0.4) is 0 Å². The van der Waals surface area contributed by atoms with Crippen molar-refractivity contribution >= 4 is 0 Å². The Balaban J connectivity index is 2.39. The maximum absolute atomic E-state index is 9.22. The molecule has 0 radical (unpaired) electrons. The minimum Gasteiger partial charge on any atom is -0.396 e. The van der Waals surface area contributed by atoms with Crippen LogP contribution in [0.5, 0.6) is 0 Å². The van der Waals surface area contributed by atoms with Gasteiger partial charge < -0.3 is 15.5 Å². The molecule has 3 atom stereocenters. The lowest BCUT2D eigenvalue weighted by Crippen LogP contribution is -2.43. The molecule has 96 valence electrons. The van der Waals surface area contributed by atoms with Crippen LogP contribution in [-0.2, 0) is 0 Å². The first-order chi connectivity index (χ1) is 7.56. The van der Waals surface area contributed by atoms with Gasteiger partial charge in [0.15, 0.2) is 0 Å². The first kappa shape index (κ1) is 13.9. The lowest BCUT2D eigenvalue weighted by atomic mass is 9.90. The lowest BCUT2D eigenvalue weighted by molar-refractivity contribution is 0.0658. The standard InChI is InChI=1S/C13H27NO2/c1-4-11-5-6-12(10(11)2)14-7-13(3,8-15)9-16/h10-12,14-16H,4-9H2,1-3H3. The van der Waals surface area contributed by atoms with Crippen LogP contribution in [0.15, 0.2) is 0 Å². The number of nitrogens with one attached hydrogen (secondary N) is 1. The van der Waals surface area contributed by atoms with Crippen LogP contribution in [0.4, 0.5) is 0 Å². The third-order valence-corrected chi connectivity index (χ3v) is 4.31. The minimum atomic E-state index is -0.385. The van der Waals surface area contributed by atoms with Crippen molar-refractivity contribution in [2.75, 3.05) is 19.8 Å². The average molecular weight is 229 g/mol. The summed E-state index contributed by atoms with van der Waals surface area (Å²) in [4.78, 5) is 0. The highest BCUT2D eigenvalue weighted by molar-refractivity contribution is 4.88. The summed E-state index contributed by atoms with van der Waals surface area (Å²) in [6.45, 7) is 7.26. The van der Waals surface area contributed by atoms with E-state index in [4.69, 9.17) is 0 Å². The molecule has 0 spiro atoms. The Hall–Kier alpha value is -0.120. The molecule has 16 heavy (non-hydrogen) atoms. The van der Waals surface area contributed by atoms with Crippen LogP contribution in [0, 0.1) is 17.3 Å². The van der Waals surface area contributed by atoms with Crippen molar-refractivity contribution in [3.8, 4) is 0 Å². The molecule has 3 unspecified atom stereocenters. The number of aliphatic hydroxyl groups excluding tert-OH is 2. The van der Waals surface area contributed by atoms with E-state index in [1.54, 1.807) is 0 Å². The first-order valence-electron chi connectivity index (χ1n) is 6.51. The molecule has 1 saturated carbocycles. The van der Waals surface area contributed by atoms with E-state index in [2.05, 4.69) is 19.2 Å². The van der Waals surface area contributed by atoms with Gasteiger partial charge in [0.1, 0.15) is 0 Å². The van der Waals surface area contributed by atoms with E-state index in [0.29, 0.717) is 18.5 Å². The monoisotopic (exact) mass is 229 g/mol. The Bertz CT molecular complexity index is 204. The first-order valence-corrected chi connectivity index (χ1v) is 6.51. The summed E-state index contributed by atoms with van der Waals surface area (Å²) in [5, 5.41) is 22.0. The van der Waals surface area contributed by atoms with E-state index in [-0.39, 0.29) is 18.6 Å². The Kier molecular flexibility index (Phi) is 5.22. The summed E-state index contributed by atoms with van der Waals surface area (Å²) in [7, 11) is 0. The summed E-state index contributed by atoms with van der Waals surface area (Å²) < 4.78 is 0. The molecule has 3 nitrogen and oxygen atoms in total. The molecule has 0 amide bonds. The Morgan fingerprint density at radius 1 is 1.25 bits per heavy atom. The molecule has 0 aromatic rings. The molecule has 0 heterocycles. The van der Waals surface area contributed by atoms with Crippen LogP contribution in [0.2, 0.25) is 0 Å². The maximum atomic E-state index is 9.22. The molecular weight excluding hydrogens is 202 g/mol. The second-order valence-corrected chi connectivity index (χ2v) is 5.72. The Labute approximate surface area is 99.3 Å². The number of aliphatic hydroxyl groups is 2. The van der Waals surface area contributed by atoms with E-state index in [1.165, 1.54) is 19.3 Å². The molecule has 1 aliphatic rings. The van der Waals surface area contributed by atoms with Gasteiger partial charge in [0.05, 0.1) is 13.2 Å². The van der Waals surface area contributed by atoms with Gasteiger partial charge in [-0.1, -0.05) is 27.2 Å². The van der Waals surface area contributed by atoms with Crippen LogP contribution in [-0.4, -0.2) is 36.0 Å². The van der Waals surface area contributed by atoms with Gasteiger partial charge in [0.25, 0.3) is 0 Å². The van der Waals surface area contributed by atoms with Gasteiger partial charge in [-0.25, -0.2) is 0 Å². The third kappa shape index (κ3) is 3.19. The maximum Gasteiger partial charge on any atom is 0.0518 e. The van der Waals surface area contributed by atoms with E-state index in [0.717, 1.165) is 5.92 Å². The largest absolute Gasteiger partial charge is 0.396 e. The predicted octanol–water partition coefficient (Wildman–Crippen LogP) is 1.39. The molecule has 0 aromatic carbocycles. The lowest BCUT2D eigenvalue weighted by Gasteiger charge is -2.29. The summed E-state index contributed by atoms with van der Waals surface area (Å²) in [5.74, 6) is 1.55. The molecule has 1 aliphatic carbocycles. The van der Waals surface area contributed by atoms with Gasteiger partial charge in [0.2, 0.25) is 0 Å². The predicted molar refractivity (Wildman–Crippen MR) is 66.2 cm³/mol. The van der Waals surface area contributed by atoms with E-state index < -0.39 is 0 Å². The fourth-order valence-electron chi connectivity index (χ4n) is 2.65. The summed E-state index contributed by atoms with van der Waals surface area (Å²) in [6, 6.07) is 0.558. The summed E-state index contributed by atoms with van der Waals surface area (Å²) in [6.07, 6.45) is 3.80. The van der Waals surface area contributed by atoms with E-state index >= 15 is 0 Å². The van der Waals surface area contributed by atoms with Crippen molar-refractivity contribution < 1.29 is 10.2 Å². The second-order valence-electron chi connectivity index (χ2n) is 5.72. The van der Waals surface area contributed by atoms with Crippen molar-refractivity contribution in [1.82, 2.24) is 5.32 Å². The fourth-order valence-corrected chi connectivity index (χ4v) is 2.65. The van der Waals surface area contributed by atoms with Gasteiger partial charge in [-0.3, -0.25) is 0 Å². The van der Waals surface area contributed by atoms with Crippen molar-refractivity contribution in [1.29, 1.82) is 0 Å². The van der Waals surface area contributed by atoms with Crippen LogP contribution >= 0.6 is 0 Å². The molecule has 0 aliphatic heterocycles. The Morgan fingerprint density at radius 2 is 1.88 bits per heavy atom. The summed E-state index contributed by atoms with van der Waals surface area (Å²) >= 11 is 0. The van der Waals surface area contributed by atoms with Gasteiger partial charge in [-0.15, -0.1) is 0 Å². The highest BCUT2D eigenvalue weighted by atomic mass is 16.3. The molecule has 3 N–H and O–H groups in total. The number of rotatable bonds is 6. The molecule has 0 saturated heterocycles. The molecular formula is C13H27NO2. The molecule has 3 heteroatoms. The highest BCUT2D eigenvalue weighted by Crippen LogP contribution is 2.34. The summed E-state index contributed by atoms with van der Waals surface area (Å²) in [5.41, 5.74) is -0.385. The molecule has 1 fully saturated rings. The van der Waals surface area contributed by atoms with Gasteiger partial charge in [-0.2, -0.15) is 0 Å². The number of hydrogen-bond acceptors (Lipinski definition) is 3. The van der Waals surface area contributed by atoms with Gasteiger partial charge in [-0.05, 0) is 24.7 Å². The zero-order valence-electron chi connectivity index (χ0n) is 10.9. The van der Waals surface area contributed by atoms with Gasteiger partial charge >= 0.3 is 0 Å². The molecule has 0 bridgehead atoms. The third-order valence-electron chi connectivity index (χ3n) is 4.31. The average Bonchev–Trinajstić information content (AvgIpc) is 2.67. The van der Waals surface area contributed by atoms with Crippen molar-refractivity contribution in [2.45, 2.75) is 46.1 Å². The van der Waals surface area contributed by atoms with Crippen molar-refractivity contribution in [2.24, 2.45) is 17.3 Å². The fraction of sp³-hybridized carbons (Fsp3) is 1.00. The topological polar surface area (TPSA) is 52.5 Å². The smallest absolute Gasteiger partial charge is 0.0518 e. The SMILES string of the molecule is CCC1CCC(NCC(C)(CO)CO)C1C. The van der Waals surface area contributed by atoms with Gasteiger partial charge in [0, 0.05) is 18.0 Å². The van der Waals surface area contributed by atoms with E-state index in [1.807, 2.05) is 6.92 Å². The Morgan fingerprint density at radius 3 is 2.31 bits per heavy atom. The highest BCUT2D eigenvalue weighted by Gasteiger charge is 2.33. The second kappa shape index (κ2) is 5.99.